The molecule has 0 amide bonds. The van der Waals surface area contributed by atoms with E-state index in [2.05, 4.69) is 62.0 Å². The van der Waals surface area contributed by atoms with Gasteiger partial charge in [-0.15, -0.1) is 0 Å². The second kappa shape index (κ2) is 9.64. The number of ether oxygens (including phenoxy) is 1. The lowest BCUT2D eigenvalue weighted by molar-refractivity contribution is 0.186. The third-order valence-electron chi connectivity index (χ3n) is 5.03. The third kappa shape index (κ3) is 5.41. The summed E-state index contributed by atoms with van der Waals surface area (Å²) < 4.78 is 9.86. The molecular weight excluding hydrogens is 394 g/mol. The Labute approximate surface area is 184 Å². The van der Waals surface area contributed by atoms with E-state index in [0.717, 1.165) is 17.9 Å². The zero-order valence-electron chi connectivity index (χ0n) is 18.5. The smallest absolute Gasteiger partial charge is 0.199 e. The van der Waals surface area contributed by atoms with E-state index in [1.807, 2.05) is 21.4 Å². The first-order chi connectivity index (χ1) is 14.3. The van der Waals surface area contributed by atoms with Crippen molar-refractivity contribution >= 4 is 12.2 Å². The molecule has 1 aromatic carbocycles. The van der Waals surface area contributed by atoms with Crippen molar-refractivity contribution in [2.45, 2.75) is 45.9 Å². The number of pyridine rings is 1. The van der Waals surface area contributed by atoms with Gasteiger partial charge in [0.25, 0.3) is 0 Å². The van der Waals surface area contributed by atoms with Crippen LogP contribution in [0, 0.1) is 4.77 Å². The highest BCUT2D eigenvalue weighted by Gasteiger charge is 2.15. The average molecular weight is 426 g/mol. The summed E-state index contributed by atoms with van der Waals surface area (Å²) in [4.78, 5) is 6.32. The maximum atomic E-state index is 5.73. The Hall–Kier alpha value is -2.35. The number of nitrogens with zero attached hydrogens (tertiary/aromatic N) is 5. The summed E-state index contributed by atoms with van der Waals surface area (Å²) in [6, 6.07) is 12.7. The molecule has 0 bridgehead atoms. The van der Waals surface area contributed by atoms with Crippen molar-refractivity contribution in [3.05, 3.63) is 64.7 Å². The predicted molar refractivity (Wildman–Crippen MR) is 123 cm³/mol. The molecule has 0 unspecified atom stereocenters. The number of rotatable bonds is 8. The van der Waals surface area contributed by atoms with Gasteiger partial charge >= 0.3 is 0 Å². The minimum Gasteiger partial charge on any atom is -0.383 e. The fourth-order valence-electron chi connectivity index (χ4n) is 3.33. The molecule has 0 fully saturated rings. The summed E-state index contributed by atoms with van der Waals surface area (Å²) in [5.41, 5.74) is 3.77. The normalized spacial score (nSPS) is 11.9. The molecule has 0 spiro atoms. The molecule has 0 radical (unpaired) electrons. The van der Waals surface area contributed by atoms with Gasteiger partial charge in [-0.1, -0.05) is 45.0 Å². The molecule has 0 aliphatic heterocycles. The van der Waals surface area contributed by atoms with Gasteiger partial charge in [0.15, 0.2) is 10.6 Å². The summed E-state index contributed by atoms with van der Waals surface area (Å²) in [6.07, 6.45) is 3.54. The van der Waals surface area contributed by atoms with Crippen molar-refractivity contribution in [3.8, 4) is 11.4 Å². The molecule has 2 heterocycles. The van der Waals surface area contributed by atoms with Gasteiger partial charge in [-0.2, -0.15) is 5.10 Å². The topological polar surface area (TPSA) is 48.1 Å². The SMILES string of the molecule is COCCn1c(-c2ccncc2)nn(CN(C)Cc2ccc(C(C)(C)C)cc2)c1=S. The highest BCUT2D eigenvalue weighted by molar-refractivity contribution is 7.71. The Kier molecular flexibility index (Phi) is 7.18. The molecule has 3 aromatic rings. The second-order valence-electron chi connectivity index (χ2n) is 8.59. The Balaban J connectivity index is 1.78. The lowest BCUT2D eigenvalue weighted by atomic mass is 9.87. The van der Waals surface area contributed by atoms with E-state index in [4.69, 9.17) is 22.1 Å². The fourth-order valence-corrected chi connectivity index (χ4v) is 3.61. The van der Waals surface area contributed by atoms with Gasteiger partial charge in [0, 0.05) is 31.6 Å². The molecule has 2 aromatic heterocycles. The summed E-state index contributed by atoms with van der Waals surface area (Å²) in [5.74, 6) is 0.836. The van der Waals surface area contributed by atoms with Gasteiger partial charge < -0.3 is 4.74 Å². The van der Waals surface area contributed by atoms with Gasteiger partial charge in [-0.25, -0.2) is 4.68 Å². The van der Waals surface area contributed by atoms with E-state index in [1.54, 1.807) is 19.5 Å². The average Bonchev–Trinajstić information content (AvgIpc) is 3.02. The van der Waals surface area contributed by atoms with E-state index < -0.39 is 0 Å². The minimum atomic E-state index is 0.163. The van der Waals surface area contributed by atoms with Crippen LogP contribution in [0.5, 0.6) is 0 Å². The molecule has 30 heavy (non-hydrogen) atoms. The van der Waals surface area contributed by atoms with E-state index >= 15 is 0 Å². The van der Waals surface area contributed by atoms with Crippen molar-refractivity contribution in [2.24, 2.45) is 0 Å². The van der Waals surface area contributed by atoms with Crippen molar-refractivity contribution in [3.63, 3.8) is 0 Å². The third-order valence-corrected chi connectivity index (χ3v) is 5.46. The van der Waals surface area contributed by atoms with Gasteiger partial charge in [-0.3, -0.25) is 14.5 Å². The molecule has 0 saturated heterocycles. The van der Waals surface area contributed by atoms with Crippen LogP contribution in [-0.2, 0) is 29.9 Å². The number of benzene rings is 1. The molecule has 6 nitrogen and oxygen atoms in total. The number of methoxy groups -OCH3 is 1. The van der Waals surface area contributed by atoms with E-state index in [-0.39, 0.29) is 5.41 Å². The van der Waals surface area contributed by atoms with Crippen LogP contribution in [0.1, 0.15) is 31.9 Å². The lowest BCUT2D eigenvalue weighted by Crippen LogP contribution is -2.23. The Bertz CT molecular complexity index is 1000. The highest BCUT2D eigenvalue weighted by atomic mass is 32.1. The molecule has 7 heteroatoms. The number of hydrogen-bond donors (Lipinski definition) is 0. The van der Waals surface area contributed by atoms with Gasteiger partial charge in [-0.05, 0) is 47.9 Å². The van der Waals surface area contributed by atoms with Crippen LogP contribution < -0.4 is 0 Å². The maximum Gasteiger partial charge on any atom is 0.199 e. The minimum absolute atomic E-state index is 0.163. The first-order valence-corrected chi connectivity index (χ1v) is 10.6. The van der Waals surface area contributed by atoms with Crippen molar-refractivity contribution < 1.29 is 4.74 Å². The largest absolute Gasteiger partial charge is 0.383 e. The molecule has 0 saturated carbocycles. The molecule has 0 aliphatic carbocycles. The van der Waals surface area contributed by atoms with E-state index in [1.165, 1.54) is 11.1 Å². The molecular formula is C23H31N5OS. The summed E-state index contributed by atoms with van der Waals surface area (Å²) >= 11 is 5.73. The Morgan fingerprint density at radius 2 is 1.73 bits per heavy atom. The van der Waals surface area contributed by atoms with Crippen LogP contribution in [0.2, 0.25) is 0 Å². The number of aromatic nitrogens is 4. The summed E-state index contributed by atoms with van der Waals surface area (Å²) in [5, 5.41) is 4.81. The molecule has 3 rings (SSSR count). The van der Waals surface area contributed by atoms with Gasteiger partial charge in [0.2, 0.25) is 0 Å². The van der Waals surface area contributed by atoms with Crippen LogP contribution in [0.15, 0.2) is 48.8 Å². The van der Waals surface area contributed by atoms with E-state index in [0.29, 0.717) is 24.6 Å². The van der Waals surface area contributed by atoms with Crippen LogP contribution in [0.4, 0.5) is 0 Å². The van der Waals surface area contributed by atoms with Crippen molar-refractivity contribution in [2.75, 3.05) is 20.8 Å². The van der Waals surface area contributed by atoms with Crippen molar-refractivity contribution in [1.82, 2.24) is 24.2 Å². The molecule has 0 aliphatic rings. The van der Waals surface area contributed by atoms with Gasteiger partial charge in [0.05, 0.1) is 19.8 Å². The van der Waals surface area contributed by atoms with Crippen LogP contribution in [0.3, 0.4) is 0 Å². The van der Waals surface area contributed by atoms with Crippen molar-refractivity contribution in [1.29, 1.82) is 0 Å². The quantitative estimate of drug-likeness (QED) is 0.497. The fraction of sp³-hybridized carbons (Fsp3) is 0.435. The standard InChI is InChI=1S/C23H31N5OS/c1-23(2,3)20-8-6-18(7-9-20)16-26(4)17-28-22(30)27(14-15-29-5)21(25-28)19-10-12-24-13-11-19/h6-13H,14-17H2,1-5H3. The Morgan fingerprint density at radius 3 is 2.33 bits per heavy atom. The first kappa shape index (κ1) is 22.3. The monoisotopic (exact) mass is 425 g/mol. The second-order valence-corrected chi connectivity index (χ2v) is 8.95. The lowest BCUT2D eigenvalue weighted by Gasteiger charge is -2.20. The maximum absolute atomic E-state index is 5.73. The van der Waals surface area contributed by atoms with E-state index in [9.17, 15) is 0 Å². The zero-order valence-corrected chi connectivity index (χ0v) is 19.3. The molecule has 0 atom stereocenters. The Morgan fingerprint density at radius 1 is 1.07 bits per heavy atom. The summed E-state index contributed by atoms with van der Waals surface area (Å²) in [7, 11) is 3.78. The predicted octanol–water partition coefficient (Wildman–Crippen LogP) is 4.51. The highest BCUT2D eigenvalue weighted by Crippen LogP contribution is 2.23. The molecule has 160 valence electrons. The van der Waals surface area contributed by atoms with Gasteiger partial charge in [0.1, 0.15) is 0 Å². The van der Waals surface area contributed by atoms with Crippen LogP contribution in [0.25, 0.3) is 11.4 Å². The first-order valence-electron chi connectivity index (χ1n) is 10.1. The van der Waals surface area contributed by atoms with Crippen LogP contribution in [-0.4, -0.2) is 45.0 Å². The molecule has 0 N–H and O–H groups in total. The van der Waals surface area contributed by atoms with Crippen LogP contribution >= 0.6 is 12.2 Å². The summed E-state index contributed by atoms with van der Waals surface area (Å²) in [6.45, 7) is 9.36. The zero-order chi connectivity index (χ0) is 21.7. The number of hydrogen-bond acceptors (Lipinski definition) is 5.